The molecule has 3 heteroatoms. The second-order valence-corrected chi connectivity index (χ2v) is 2.65. The monoisotopic (exact) mass is 177 g/mol. The highest BCUT2D eigenvalue weighted by Gasteiger charge is 1.98. The Labute approximate surface area is 76.5 Å². The molecule has 13 heavy (non-hydrogen) atoms. The van der Waals surface area contributed by atoms with Crippen molar-refractivity contribution in [3.05, 3.63) is 47.7 Å². The lowest BCUT2D eigenvalue weighted by molar-refractivity contribution is -0.132. The maximum atomic E-state index is 10.3. The van der Waals surface area contributed by atoms with Crippen molar-refractivity contribution in [3.8, 4) is 0 Å². The highest BCUT2D eigenvalue weighted by atomic mass is 16.4. The fraction of sp³-hybridized carbons (Fsp3) is 0.100. The van der Waals surface area contributed by atoms with Gasteiger partial charge in [-0.3, -0.25) is 0 Å². The third-order valence-electron chi connectivity index (χ3n) is 1.65. The van der Waals surface area contributed by atoms with Crippen LogP contribution in [0.1, 0.15) is 5.56 Å². The van der Waals surface area contributed by atoms with Crippen LogP contribution < -0.4 is 5.73 Å². The van der Waals surface area contributed by atoms with E-state index < -0.39 is 5.97 Å². The summed E-state index contributed by atoms with van der Waals surface area (Å²) >= 11 is 0. The number of rotatable bonds is 3. The molecule has 1 rings (SSSR count). The van der Waals surface area contributed by atoms with Crippen molar-refractivity contribution in [2.75, 3.05) is 0 Å². The molecular formula is C10H11NO2. The molecule has 0 bridgehead atoms. The second-order valence-electron chi connectivity index (χ2n) is 2.65. The summed E-state index contributed by atoms with van der Waals surface area (Å²) in [5.41, 5.74) is 6.17. The van der Waals surface area contributed by atoms with Crippen molar-refractivity contribution < 1.29 is 9.90 Å². The minimum Gasteiger partial charge on any atom is -0.477 e. The largest absolute Gasteiger partial charge is 0.477 e. The first-order chi connectivity index (χ1) is 6.20. The summed E-state index contributed by atoms with van der Waals surface area (Å²) in [7, 11) is 0. The van der Waals surface area contributed by atoms with Crippen LogP contribution in [0.2, 0.25) is 0 Å². The van der Waals surface area contributed by atoms with E-state index >= 15 is 0 Å². The van der Waals surface area contributed by atoms with Crippen LogP contribution in [0.3, 0.4) is 0 Å². The Morgan fingerprint density at radius 3 is 2.54 bits per heavy atom. The molecule has 0 aliphatic rings. The summed E-state index contributed by atoms with van der Waals surface area (Å²) in [6, 6.07) is 9.56. The van der Waals surface area contributed by atoms with Crippen LogP contribution in [0.25, 0.3) is 0 Å². The van der Waals surface area contributed by atoms with Crippen molar-refractivity contribution in [1.29, 1.82) is 0 Å². The predicted molar refractivity (Wildman–Crippen MR) is 50.1 cm³/mol. The van der Waals surface area contributed by atoms with E-state index in [0.29, 0.717) is 6.42 Å². The first-order valence-electron chi connectivity index (χ1n) is 3.93. The van der Waals surface area contributed by atoms with Crippen molar-refractivity contribution in [3.63, 3.8) is 0 Å². The van der Waals surface area contributed by atoms with E-state index in [9.17, 15) is 4.79 Å². The first-order valence-corrected chi connectivity index (χ1v) is 3.93. The van der Waals surface area contributed by atoms with Gasteiger partial charge in [0.1, 0.15) is 5.70 Å². The smallest absolute Gasteiger partial charge is 0.351 e. The molecule has 0 aliphatic heterocycles. The molecule has 0 atom stereocenters. The average molecular weight is 177 g/mol. The molecule has 0 fully saturated rings. The van der Waals surface area contributed by atoms with Crippen molar-refractivity contribution in [1.82, 2.24) is 0 Å². The van der Waals surface area contributed by atoms with Crippen LogP contribution in [0.15, 0.2) is 42.1 Å². The molecule has 0 unspecified atom stereocenters. The van der Waals surface area contributed by atoms with Gasteiger partial charge in [0.25, 0.3) is 0 Å². The van der Waals surface area contributed by atoms with Gasteiger partial charge in [-0.05, 0) is 18.1 Å². The van der Waals surface area contributed by atoms with E-state index in [1.807, 2.05) is 30.3 Å². The number of allylic oxidation sites excluding steroid dienone is 1. The Kier molecular flexibility index (Phi) is 3.09. The van der Waals surface area contributed by atoms with E-state index in [4.69, 9.17) is 10.8 Å². The summed E-state index contributed by atoms with van der Waals surface area (Å²) in [6.45, 7) is 0. The lowest BCUT2D eigenvalue weighted by Gasteiger charge is -1.95. The molecule has 0 aliphatic carbocycles. The summed E-state index contributed by atoms with van der Waals surface area (Å²) in [4.78, 5) is 10.3. The van der Waals surface area contributed by atoms with Gasteiger partial charge in [0, 0.05) is 0 Å². The molecule has 3 N–H and O–H groups in total. The van der Waals surface area contributed by atoms with Gasteiger partial charge in [0.15, 0.2) is 0 Å². The second kappa shape index (κ2) is 4.30. The van der Waals surface area contributed by atoms with Gasteiger partial charge in [0.2, 0.25) is 0 Å². The van der Waals surface area contributed by atoms with Gasteiger partial charge < -0.3 is 10.8 Å². The fourth-order valence-electron chi connectivity index (χ4n) is 0.929. The molecule has 0 saturated carbocycles. The highest BCUT2D eigenvalue weighted by molar-refractivity contribution is 5.85. The lowest BCUT2D eigenvalue weighted by Crippen LogP contribution is -2.09. The molecule has 0 saturated heterocycles. The average Bonchev–Trinajstić information content (AvgIpc) is 2.15. The number of carboxylic acid groups (broad SMARTS) is 1. The molecule has 1 aromatic rings. The standard InChI is InChI=1S/C10H11NO2/c11-9(10(12)13)7-6-8-4-2-1-3-5-8/h1-5,7H,6,11H2,(H,12,13)/b9-7-. The molecule has 0 heterocycles. The maximum absolute atomic E-state index is 10.3. The van der Waals surface area contributed by atoms with E-state index in [1.54, 1.807) is 0 Å². The number of nitrogens with two attached hydrogens (primary N) is 1. The SMILES string of the molecule is N/C(=C\Cc1ccccc1)C(=O)O. The molecular weight excluding hydrogens is 166 g/mol. The van der Waals surface area contributed by atoms with Crippen molar-refractivity contribution >= 4 is 5.97 Å². The maximum Gasteiger partial charge on any atom is 0.351 e. The molecule has 0 amide bonds. The zero-order valence-electron chi connectivity index (χ0n) is 7.10. The third kappa shape index (κ3) is 2.99. The zero-order chi connectivity index (χ0) is 9.68. The number of aliphatic carboxylic acids is 1. The number of benzene rings is 1. The van der Waals surface area contributed by atoms with E-state index in [2.05, 4.69) is 0 Å². The minimum atomic E-state index is -1.07. The topological polar surface area (TPSA) is 63.3 Å². The van der Waals surface area contributed by atoms with Gasteiger partial charge >= 0.3 is 5.97 Å². The number of hydrogen-bond donors (Lipinski definition) is 2. The summed E-state index contributed by atoms with van der Waals surface area (Å²) in [6.07, 6.45) is 2.05. The predicted octanol–water partition coefficient (Wildman–Crippen LogP) is 1.16. The molecule has 0 aromatic heterocycles. The van der Waals surface area contributed by atoms with Crippen LogP contribution in [0.5, 0.6) is 0 Å². The Morgan fingerprint density at radius 1 is 1.38 bits per heavy atom. The molecule has 0 spiro atoms. The minimum absolute atomic E-state index is 0.108. The van der Waals surface area contributed by atoms with Gasteiger partial charge in [-0.1, -0.05) is 30.3 Å². The molecule has 0 radical (unpaired) electrons. The van der Waals surface area contributed by atoms with Crippen molar-refractivity contribution in [2.24, 2.45) is 5.73 Å². The van der Waals surface area contributed by atoms with Crippen LogP contribution in [0.4, 0.5) is 0 Å². The molecule has 68 valence electrons. The number of carboxylic acids is 1. The van der Waals surface area contributed by atoms with E-state index in [1.165, 1.54) is 6.08 Å². The Balaban J connectivity index is 2.62. The lowest BCUT2D eigenvalue weighted by atomic mass is 10.1. The van der Waals surface area contributed by atoms with Gasteiger partial charge in [-0.15, -0.1) is 0 Å². The summed E-state index contributed by atoms with van der Waals surface area (Å²) < 4.78 is 0. The molecule has 1 aromatic carbocycles. The Morgan fingerprint density at radius 2 is 2.00 bits per heavy atom. The normalized spacial score (nSPS) is 11.2. The highest BCUT2D eigenvalue weighted by Crippen LogP contribution is 2.00. The first kappa shape index (κ1) is 9.32. The Hall–Kier alpha value is -1.77. The van der Waals surface area contributed by atoms with E-state index in [0.717, 1.165) is 5.56 Å². The van der Waals surface area contributed by atoms with Crippen LogP contribution in [-0.4, -0.2) is 11.1 Å². The summed E-state index contributed by atoms with van der Waals surface area (Å²) in [5.74, 6) is -1.07. The molecule has 3 nitrogen and oxygen atoms in total. The van der Waals surface area contributed by atoms with Crippen LogP contribution in [-0.2, 0) is 11.2 Å². The summed E-state index contributed by atoms with van der Waals surface area (Å²) in [5, 5.41) is 8.47. The van der Waals surface area contributed by atoms with Gasteiger partial charge in [0.05, 0.1) is 0 Å². The van der Waals surface area contributed by atoms with Gasteiger partial charge in [-0.25, -0.2) is 4.79 Å². The van der Waals surface area contributed by atoms with Crippen molar-refractivity contribution in [2.45, 2.75) is 6.42 Å². The number of hydrogen-bond acceptors (Lipinski definition) is 2. The Bertz CT molecular complexity index is 317. The van der Waals surface area contributed by atoms with Crippen LogP contribution >= 0.6 is 0 Å². The number of carbonyl (C=O) groups is 1. The van der Waals surface area contributed by atoms with Crippen LogP contribution in [0, 0.1) is 0 Å². The fourth-order valence-corrected chi connectivity index (χ4v) is 0.929. The van der Waals surface area contributed by atoms with Gasteiger partial charge in [-0.2, -0.15) is 0 Å². The quantitative estimate of drug-likeness (QED) is 0.681. The third-order valence-corrected chi connectivity index (χ3v) is 1.65. The van der Waals surface area contributed by atoms with E-state index in [-0.39, 0.29) is 5.70 Å². The zero-order valence-corrected chi connectivity index (χ0v) is 7.10.